The minimum absolute atomic E-state index is 0.580. The summed E-state index contributed by atoms with van der Waals surface area (Å²) in [6.07, 6.45) is 0.371. The molecule has 1 aromatic heterocycles. The van der Waals surface area contributed by atoms with Crippen LogP contribution < -0.4 is 0 Å². The molecule has 0 aromatic carbocycles. The molecule has 0 aliphatic heterocycles. The molecule has 0 saturated carbocycles. The molecule has 17 heavy (non-hydrogen) atoms. The van der Waals surface area contributed by atoms with E-state index in [-0.39, 0.29) is 0 Å². The van der Waals surface area contributed by atoms with Crippen LogP contribution >= 0.6 is 0 Å². The van der Waals surface area contributed by atoms with Gasteiger partial charge in [-0.2, -0.15) is 0 Å². The van der Waals surface area contributed by atoms with Gasteiger partial charge < -0.3 is 15.2 Å². The maximum atomic E-state index is 11.7. The van der Waals surface area contributed by atoms with E-state index < -0.39 is 43.7 Å². The predicted octanol–water partition coefficient (Wildman–Crippen LogP) is -0.423. The maximum Gasteiger partial charge on any atom is 0.401 e. The van der Waals surface area contributed by atoms with Gasteiger partial charge in [0.05, 0.1) is 12.2 Å². The van der Waals surface area contributed by atoms with E-state index in [2.05, 4.69) is 4.98 Å². The van der Waals surface area contributed by atoms with Crippen LogP contribution in [-0.4, -0.2) is 39.7 Å². The molecule has 0 radical (unpaired) electrons. The standard InChI is InChI=1S/C7H9N3O6S/c1-9-4-8-6(10(13)14)7(9)17(15,16)3-2-5(11)12/h4H,2-3H2,1H3,(H,11,12). The Kier molecular flexibility index (Phi) is 3.46. The highest BCUT2D eigenvalue weighted by molar-refractivity contribution is 7.91. The number of sulfone groups is 1. The first-order valence-electron chi connectivity index (χ1n) is 4.36. The average Bonchev–Trinajstić information content (AvgIpc) is 2.58. The fraction of sp³-hybridized carbons (Fsp3) is 0.429. The first-order valence-corrected chi connectivity index (χ1v) is 6.01. The highest BCUT2D eigenvalue weighted by Crippen LogP contribution is 2.22. The van der Waals surface area contributed by atoms with Gasteiger partial charge >= 0.3 is 11.8 Å². The summed E-state index contributed by atoms with van der Waals surface area (Å²) in [5, 5.41) is 18.4. The van der Waals surface area contributed by atoms with Crippen molar-refractivity contribution >= 4 is 21.6 Å². The molecule has 0 aliphatic rings. The van der Waals surface area contributed by atoms with E-state index in [1.165, 1.54) is 7.05 Å². The lowest BCUT2D eigenvalue weighted by atomic mass is 10.5. The molecule has 9 nitrogen and oxygen atoms in total. The van der Waals surface area contributed by atoms with Gasteiger partial charge in [-0.3, -0.25) is 9.36 Å². The summed E-state index contributed by atoms with van der Waals surface area (Å²) in [7, 11) is -2.76. The molecule has 1 aromatic rings. The minimum Gasteiger partial charge on any atom is -0.481 e. The Labute approximate surface area is 95.8 Å². The van der Waals surface area contributed by atoms with E-state index >= 15 is 0 Å². The molecule has 1 heterocycles. The third-order valence-corrected chi connectivity index (χ3v) is 3.72. The van der Waals surface area contributed by atoms with Crippen LogP contribution in [-0.2, 0) is 21.7 Å². The molecule has 0 amide bonds. The van der Waals surface area contributed by atoms with Crippen LogP contribution in [0.5, 0.6) is 0 Å². The molecule has 1 rings (SSSR count). The van der Waals surface area contributed by atoms with Gasteiger partial charge in [0.15, 0.2) is 0 Å². The van der Waals surface area contributed by atoms with Crippen molar-refractivity contribution < 1.29 is 23.2 Å². The molecular weight excluding hydrogens is 254 g/mol. The van der Waals surface area contributed by atoms with Crippen LogP contribution in [0.1, 0.15) is 6.42 Å². The highest BCUT2D eigenvalue weighted by atomic mass is 32.2. The highest BCUT2D eigenvalue weighted by Gasteiger charge is 2.31. The minimum atomic E-state index is -4.04. The fourth-order valence-corrected chi connectivity index (χ4v) is 2.74. The van der Waals surface area contributed by atoms with Crippen LogP contribution in [0.15, 0.2) is 11.4 Å². The molecule has 0 atom stereocenters. The van der Waals surface area contributed by atoms with E-state index in [0.717, 1.165) is 10.9 Å². The topological polar surface area (TPSA) is 132 Å². The summed E-state index contributed by atoms with van der Waals surface area (Å²) in [6.45, 7) is 0. The van der Waals surface area contributed by atoms with Gasteiger partial charge in [0.1, 0.15) is 0 Å². The number of aryl methyl sites for hydroxylation is 1. The van der Waals surface area contributed by atoms with Crippen molar-refractivity contribution in [3.63, 3.8) is 0 Å². The number of carbonyl (C=O) groups is 1. The van der Waals surface area contributed by atoms with Gasteiger partial charge in [0.25, 0.3) is 0 Å². The maximum absolute atomic E-state index is 11.7. The number of hydrogen-bond acceptors (Lipinski definition) is 6. The van der Waals surface area contributed by atoms with E-state index in [0.29, 0.717) is 0 Å². The number of aromatic nitrogens is 2. The second-order valence-corrected chi connectivity index (χ2v) is 5.23. The van der Waals surface area contributed by atoms with Crippen LogP contribution in [0.2, 0.25) is 0 Å². The molecule has 0 unspecified atom stereocenters. The lowest BCUT2D eigenvalue weighted by Crippen LogP contribution is -2.15. The molecular formula is C7H9N3O6S. The second-order valence-electron chi connectivity index (χ2n) is 3.20. The summed E-state index contributed by atoms with van der Waals surface area (Å²) in [4.78, 5) is 23.3. The van der Waals surface area contributed by atoms with Gasteiger partial charge in [-0.05, 0) is 9.91 Å². The number of nitrogens with zero attached hydrogens (tertiary/aromatic N) is 3. The van der Waals surface area contributed by atoms with E-state index in [9.17, 15) is 23.3 Å². The Hall–Kier alpha value is -1.97. The van der Waals surface area contributed by atoms with Gasteiger partial charge in [0, 0.05) is 7.05 Å². The molecule has 94 valence electrons. The summed E-state index contributed by atoms with van der Waals surface area (Å²) in [6, 6.07) is 0. The van der Waals surface area contributed by atoms with Gasteiger partial charge in [-0.1, -0.05) is 0 Å². The second kappa shape index (κ2) is 4.49. The lowest BCUT2D eigenvalue weighted by Gasteiger charge is -2.02. The van der Waals surface area contributed by atoms with E-state index in [1.54, 1.807) is 0 Å². The van der Waals surface area contributed by atoms with Crippen molar-refractivity contribution in [2.75, 3.05) is 5.75 Å². The molecule has 0 spiro atoms. The van der Waals surface area contributed by atoms with Crippen molar-refractivity contribution in [3.8, 4) is 0 Å². The number of carboxylic acid groups (broad SMARTS) is 1. The lowest BCUT2D eigenvalue weighted by molar-refractivity contribution is -0.392. The Balaban J connectivity index is 3.19. The third-order valence-electron chi connectivity index (χ3n) is 1.92. The number of imidazole rings is 1. The summed E-state index contributed by atoms with van der Waals surface area (Å²) in [5.74, 6) is -2.79. The number of aliphatic carboxylic acids is 1. The quantitative estimate of drug-likeness (QED) is 0.563. The number of hydrogen-bond donors (Lipinski definition) is 1. The van der Waals surface area contributed by atoms with Gasteiger partial charge in [-0.15, -0.1) is 0 Å². The Bertz CT molecular complexity index is 560. The van der Waals surface area contributed by atoms with E-state index in [1.807, 2.05) is 0 Å². The monoisotopic (exact) mass is 263 g/mol. The number of carboxylic acids is 1. The summed E-state index contributed by atoms with van der Waals surface area (Å²) in [5.41, 5.74) is 0. The molecule has 10 heteroatoms. The van der Waals surface area contributed by atoms with Crippen molar-refractivity contribution in [3.05, 3.63) is 16.4 Å². The zero-order valence-corrected chi connectivity index (χ0v) is 9.55. The van der Waals surface area contributed by atoms with E-state index in [4.69, 9.17) is 5.11 Å². The van der Waals surface area contributed by atoms with Crippen molar-refractivity contribution in [2.24, 2.45) is 7.05 Å². The zero-order valence-electron chi connectivity index (χ0n) is 8.73. The summed E-state index contributed by atoms with van der Waals surface area (Å²) < 4.78 is 24.4. The third kappa shape index (κ3) is 2.78. The zero-order chi connectivity index (χ0) is 13.2. The SMILES string of the molecule is Cn1cnc([N+](=O)[O-])c1S(=O)(=O)CCC(=O)O. The summed E-state index contributed by atoms with van der Waals surface area (Å²) >= 11 is 0. The normalized spacial score (nSPS) is 11.4. The van der Waals surface area contributed by atoms with Crippen molar-refractivity contribution in [1.82, 2.24) is 9.55 Å². The Morgan fingerprint density at radius 2 is 2.24 bits per heavy atom. The molecule has 0 aliphatic carbocycles. The average molecular weight is 263 g/mol. The van der Waals surface area contributed by atoms with Crippen LogP contribution in [0.3, 0.4) is 0 Å². The molecule has 0 saturated heterocycles. The predicted molar refractivity (Wildman–Crippen MR) is 54.2 cm³/mol. The van der Waals surface area contributed by atoms with Gasteiger partial charge in [-0.25, -0.2) is 8.42 Å². The Morgan fingerprint density at radius 3 is 2.71 bits per heavy atom. The van der Waals surface area contributed by atoms with Gasteiger partial charge in [0.2, 0.25) is 21.2 Å². The fourth-order valence-electron chi connectivity index (χ4n) is 1.21. The molecule has 0 fully saturated rings. The van der Waals surface area contributed by atoms with Crippen LogP contribution in [0, 0.1) is 10.1 Å². The smallest absolute Gasteiger partial charge is 0.401 e. The molecule has 1 N–H and O–H groups in total. The Morgan fingerprint density at radius 1 is 1.65 bits per heavy atom. The van der Waals surface area contributed by atoms with Crippen molar-refractivity contribution in [1.29, 1.82) is 0 Å². The first kappa shape index (κ1) is 13.1. The number of nitro groups is 1. The van der Waals surface area contributed by atoms with Crippen molar-refractivity contribution in [2.45, 2.75) is 11.4 Å². The molecule has 0 bridgehead atoms. The van der Waals surface area contributed by atoms with Crippen LogP contribution in [0.25, 0.3) is 0 Å². The largest absolute Gasteiger partial charge is 0.481 e. The number of rotatable bonds is 5. The first-order chi connectivity index (χ1) is 7.75. The van der Waals surface area contributed by atoms with Crippen LogP contribution in [0.4, 0.5) is 5.82 Å².